The number of hydrogen-bond donors (Lipinski definition) is 2. The number of anilines is 1. The molecule has 2 aromatic rings. The average Bonchev–Trinajstić information content (AvgIpc) is 2.32. The first kappa shape index (κ1) is 13.8. The molecule has 0 aliphatic carbocycles. The van der Waals surface area contributed by atoms with Gasteiger partial charge in [-0.05, 0) is 19.1 Å². The maximum Gasteiger partial charge on any atom is 0.433 e. The number of benzene rings is 1. The van der Waals surface area contributed by atoms with Gasteiger partial charge in [0.2, 0.25) is 0 Å². The molecule has 0 saturated carbocycles. The summed E-state index contributed by atoms with van der Waals surface area (Å²) in [6.07, 6.45) is -4.71. The molecule has 2 rings (SSSR count). The second kappa shape index (κ2) is 4.50. The molecule has 0 spiro atoms. The zero-order valence-electron chi connectivity index (χ0n) is 9.57. The number of rotatable bonds is 1. The molecule has 0 unspecified atom stereocenters. The van der Waals surface area contributed by atoms with Gasteiger partial charge in [-0.3, -0.25) is 5.84 Å². The van der Waals surface area contributed by atoms with Gasteiger partial charge >= 0.3 is 6.18 Å². The SMILES string of the molecule is Cc1c(C(F)(F)F)nc2c(F)c(Cl)ccc2c1NN. The van der Waals surface area contributed by atoms with Crippen LogP contribution in [-0.2, 0) is 6.18 Å². The van der Waals surface area contributed by atoms with E-state index in [1.165, 1.54) is 19.1 Å². The molecule has 8 heteroatoms. The maximum absolute atomic E-state index is 13.8. The molecule has 0 aliphatic rings. The van der Waals surface area contributed by atoms with Crippen molar-refractivity contribution in [3.8, 4) is 0 Å². The van der Waals surface area contributed by atoms with Crippen LogP contribution in [0.25, 0.3) is 10.9 Å². The van der Waals surface area contributed by atoms with Crippen molar-refractivity contribution in [2.75, 3.05) is 5.43 Å². The molecule has 0 fully saturated rings. The molecule has 3 N–H and O–H groups in total. The standard InChI is InChI=1S/C11H8ClF4N3/c1-4-8(19-17)5-2-3-6(12)7(13)9(5)18-10(4)11(14,15)16/h2-3H,17H2,1H3,(H,18,19). The summed E-state index contributed by atoms with van der Waals surface area (Å²) in [5.41, 5.74) is 0.235. The van der Waals surface area contributed by atoms with E-state index in [1.54, 1.807) is 0 Å². The highest BCUT2D eigenvalue weighted by Crippen LogP contribution is 2.38. The Morgan fingerprint density at radius 2 is 1.95 bits per heavy atom. The van der Waals surface area contributed by atoms with E-state index in [0.29, 0.717) is 0 Å². The van der Waals surface area contributed by atoms with Gasteiger partial charge in [0.1, 0.15) is 11.2 Å². The summed E-state index contributed by atoms with van der Waals surface area (Å²) in [5.74, 6) is 4.20. The molecule has 19 heavy (non-hydrogen) atoms. The summed E-state index contributed by atoms with van der Waals surface area (Å²) >= 11 is 5.54. The number of nitrogens with zero attached hydrogens (tertiary/aromatic N) is 1. The lowest BCUT2D eigenvalue weighted by atomic mass is 10.1. The van der Waals surface area contributed by atoms with Crippen molar-refractivity contribution in [2.45, 2.75) is 13.1 Å². The number of aromatic nitrogens is 1. The number of alkyl halides is 3. The smallest absolute Gasteiger partial charge is 0.323 e. The molecular formula is C11H8ClF4N3. The molecular weight excluding hydrogens is 286 g/mol. The van der Waals surface area contributed by atoms with Gasteiger partial charge in [-0.1, -0.05) is 11.6 Å². The van der Waals surface area contributed by atoms with Crippen molar-refractivity contribution in [3.63, 3.8) is 0 Å². The van der Waals surface area contributed by atoms with Crippen molar-refractivity contribution >= 4 is 28.2 Å². The van der Waals surface area contributed by atoms with Crippen molar-refractivity contribution in [1.82, 2.24) is 4.98 Å². The Kier molecular flexibility index (Phi) is 3.27. The van der Waals surface area contributed by atoms with E-state index in [1.807, 2.05) is 0 Å². The second-order valence-electron chi connectivity index (χ2n) is 3.86. The third-order valence-electron chi connectivity index (χ3n) is 2.71. The minimum Gasteiger partial charge on any atom is -0.323 e. The zero-order chi connectivity index (χ0) is 14.4. The number of halogens is 5. The molecule has 0 atom stereocenters. The van der Waals surface area contributed by atoms with Gasteiger partial charge in [-0.25, -0.2) is 9.37 Å². The van der Waals surface area contributed by atoms with Crippen LogP contribution in [0, 0.1) is 12.7 Å². The topological polar surface area (TPSA) is 50.9 Å². The number of nitrogen functional groups attached to an aromatic ring is 1. The summed E-state index contributed by atoms with van der Waals surface area (Å²) in [5, 5.41) is -0.171. The zero-order valence-corrected chi connectivity index (χ0v) is 10.3. The summed E-state index contributed by atoms with van der Waals surface area (Å²) in [6, 6.07) is 2.59. The molecule has 102 valence electrons. The molecule has 1 aromatic heterocycles. The first-order valence-electron chi connectivity index (χ1n) is 5.09. The Morgan fingerprint density at radius 3 is 2.47 bits per heavy atom. The Morgan fingerprint density at radius 1 is 1.32 bits per heavy atom. The van der Waals surface area contributed by atoms with Crippen LogP contribution in [0.1, 0.15) is 11.3 Å². The van der Waals surface area contributed by atoms with E-state index in [9.17, 15) is 17.6 Å². The fraction of sp³-hybridized carbons (Fsp3) is 0.182. The number of hydrogen-bond acceptors (Lipinski definition) is 3. The Hall–Kier alpha value is -1.60. The number of nitrogens with one attached hydrogen (secondary N) is 1. The third kappa shape index (κ3) is 2.19. The molecule has 0 bridgehead atoms. The van der Waals surface area contributed by atoms with E-state index in [0.717, 1.165) is 0 Å². The van der Waals surface area contributed by atoms with Crippen LogP contribution in [0.4, 0.5) is 23.2 Å². The van der Waals surface area contributed by atoms with Crippen LogP contribution in [-0.4, -0.2) is 4.98 Å². The minimum atomic E-state index is -4.71. The highest BCUT2D eigenvalue weighted by Gasteiger charge is 2.36. The molecule has 0 saturated heterocycles. The molecule has 0 aliphatic heterocycles. The maximum atomic E-state index is 13.8. The number of fused-ring (bicyclic) bond motifs is 1. The second-order valence-corrected chi connectivity index (χ2v) is 4.27. The first-order chi connectivity index (χ1) is 8.77. The largest absolute Gasteiger partial charge is 0.433 e. The van der Waals surface area contributed by atoms with Gasteiger partial charge in [0, 0.05) is 10.9 Å². The average molecular weight is 294 g/mol. The Labute approximate surface area is 110 Å². The normalized spacial score (nSPS) is 11.9. The summed E-state index contributed by atoms with van der Waals surface area (Å²) < 4.78 is 52.3. The fourth-order valence-electron chi connectivity index (χ4n) is 1.83. The van der Waals surface area contributed by atoms with Crippen molar-refractivity contribution in [1.29, 1.82) is 0 Å². The Balaban J connectivity index is 2.96. The van der Waals surface area contributed by atoms with E-state index >= 15 is 0 Å². The predicted molar refractivity (Wildman–Crippen MR) is 64.3 cm³/mol. The number of nitrogens with two attached hydrogens (primary N) is 1. The van der Waals surface area contributed by atoms with Gasteiger partial charge < -0.3 is 5.43 Å². The predicted octanol–water partition coefficient (Wildman–Crippen LogP) is 3.64. The quantitative estimate of drug-likeness (QED) is 0.479. The van der Waals surface area contributed by atoms with Crippen LogP contribution in [0.5, 0.6) is 0 Å². The number of pyridine rings is 1. The van der Waals surface area contributed by atoms with Crippen molar-refractivity contribution < 1.29 is 17.6 Å². The minimum absolute atomic E-state index is 0.0344. The van der Waals surface area contributed by atoms with E-state index in [4.69, 9.17) is 17.4 Å². The summed E-state index contributed by atoms with van der Waals surface area (Å²) in [6.45, 7) is 1.21. The fourth-order valence-corrected chi connectivity index (χ4v) is 1.98. The van der Waals surface area contributed by atoms with Crippen LogP contribution < -0.4 is 11.3 Å². The van der Waals surface area contributed by atoms with E-state index in [2.05, 4.69) is 10.4 Å². The third-order valence-corrected chi connectivity index (χ3v) is 3.00. The monoisotopic (exact) mass is 293 g/mol. The lowest BCUT2D eigenvalue weighted by Gasteiger charge is -2.16. The summed E-state index contributed by atoms with van der Waals surface area (Å²) in [4.78, 5) is 3.34. The van der Waals surface area contributed by atoms with Gasteiger partial charge in [0.25, 0.3) is 0 Å². The lowest BCUT2D eigenvalue weighted by molar-refractivity contribution is -0.141. The van der Waals surface area contributed by atoms with E-state index < -0.39 is 23.2 Å². The van der Waals surface area contributed by atoms with Gasteiger partial charge in [-0.15, -0.1) is 0 Å². The van der Waals surface area contributed by atoms with Gasteiger partial charge in [0.15, 0.2) is 5.82 Å². The van der Waals surface area contributed by atoms with Crippen molar-refractivity contribution in [2.24, 2.45) is 5.84 Å². The van der Waals surface area contributed by atoms with Crippen LogP contribution >= 0.6 is 11.6 Å². The van der Waals surface area contributed by atoms with Crippen molar-refractivity contribution in [3.05, 3.63) is 34.2 Å². The van der Waals surface area contributed by atoms with Gasteiger partial charge in [-0.2, -0.15) is 13.2 Å². The van der Waals surface area contributed by atoms with Crippen LogP contribution in [0.3, 0.4) is 0 Å². The lowest BCUT2D eigenvalue weighted by Crippen LogP contribution is -2.16. The van der Waals surface area contributed by atoms with Crippen LogP contribution in [0.15, 0.2) is 12.1 Å². The van der Waals surface area contributed by atoms with Crippen LogP contribution in [0.2, 0.25) is 5.02 Å². The molecule has 0 radical (unpaired) electrons. The Bertz CT molecular complexity index is 655. The highest BCUT2D eigenvalue weighted by molar-refractivity contribution is 6.31. The van der Waals surface area contributed by atoms with Gasteiger partial charge in [0.05, 0.1) is 10.7 Å². The molecule has 1 heterocycles. The molecule has 3 nitrogen and oxygen atoms in total. The summed E-state index contributed by atoms with van der Waals surface area (Å²) in [7, 11) is 0. The van der Waals surface area contributed by atoms with E-state index in [-0.39, 0.29) is 21.7 Å². The highest BCUT2D eigenvalue weighted by atomic mass is 35.5. The molecule has 1 aromatic carbocycles. The molecule has 0 amide bonds. The first-order valence-corrected chi connectivity index (χ1v) is 5.47. The number of hydrazine groups is 1.